The summed E-state index contributed by atoms with van der Waals surface area (Å²) in [5.74, 6) is -0.883. The normalized spacial score (nSPS) is 12.1. The highest BCUT2D eigenvalue weighted by Crippen LogP contribution is 2.15. The van der Waals surface area contributed by atoms with Crippen LogP contribution in [0.25, 0.3) is 0 Å². The lowest BCUT2D eigenvalue weighted by atomic mass is 10.0. The maximum absolute atomic E-state index is 12.7. The van der Waals surface area contributed by atoms with Gasteiger partial charge in [-0.2, -0.15) is 0 Å². The van der Waals surface area contributed by atoms with Crippen molar-refractivity contribution in [2.45, 2.75) is 258 Å². The van der Waals surface area contributed by atoms with Crippen LogP contribution >= 0.6 is 0 Å². The van der Waals surface area contributed by atoms with Crippen molar-refractivity contribution in [3.05, 3.63) is 24.3 Å². The van der Waals surface area contributed by atoms with E-state index in [2.05, 4.69) is 45.1 Å². The molecule has 0 aliphatic rings. The van der Waals surface area contributed by atoms with Gasteiger partial charge in [0.15, 0.2) is 6.10 Å². The van der Waals surface area contributed by atoms with Crippen LogP contribution in [0.1, 0.15) is 252 Å². The minimum atomic E-state index is -0.770. The summed E-state index contributed by atoms with van der Waals surface area (Å²) in [5, 5.41) is 0. The van der Waals surface area contributed by atoms with Crippen molar-refractivity contribution in [2.24, 2.45) is 0 Å². The molecule has 0 spiro atoms. The Labute approximate surface area is 341 Å². The number of carbonyl (C=O) groups is 3. The van der Waals surface area contributed by atoms with Gasteiger partial charge in [-0.25, -0.2) is 0 Å². The van der Waals surface area contributed by atoms with Gasteiger partial charge in [0.05, 0.1) is 0 Å². The predicted molar refractivity (Wildman–Crippen MR) is 233 cm³/mol. The third-order valence-electron chi connectivity index (χ3n) is 10.4. The van der Waals surface area contributed by atoms with E-state index in [9.17, 15) is 14.4 Å². The Balaban J connectivity index is 4.29. The summed E-state index contributed by atoms with van der Waals surface area (Å²) in [6.07, 6.45) is 48.8. The molecule has 1 atom stereocenters. The monoisotopic (exact) mass is 775 g/mol. The lowest BCUT2D eigenvalue weighted by molar-refractivity contribution is -0.167. The van der Waals surface area contributed by atoms with Crippen LogP contribution in [0.2, 0.25) is 0 Å². The van der Waals surface area contributed by atoms with Gasteiger partial charge in [-0.3, -0.25) is 14.4 Å². The van der Waals surface area contributed by atoms with E-state index < -0.39 is 6.10 Å². The van der Waals surface area contributed by atoms with Crippen molar-refractivity contribution < 1.29 is 28.6 Å². The quantitative estimate of drug-likeness (QED) is 0.0266. The third-order valence-corrected chi connectivity index (χ3v) is 10.4. The molecule has 6 nitrogen and oxygen atoms in total. The molecule has 0 aromatic carbocycles. The maximum atomic E-state index is 12.7. The van der Waals surface area contributed by atoms with Gasteiger partial charge in [0, 0.05) is 19.3 Å². The summed E-state index contributed by atoms with van der Waals surface area (Å²) in [7, 11) is 0. The zero-order valence-electron chi connectivity index (χ0n) is 36.7. The molecule has 0 rings (SSSR count). The van der Waals surface area contributed by atoms with Gasteiger partial charge in [-0.05, 0) is 44.9 Å². The molecule has 0 saturated carbocycles. The molecule has 55 heavy (non-hydrogen) atoms. The zero-order chi connectivity index (χ0) is 40.1. The fraction of sp³-hybridized carbons (Fsp3) is 0.857. The summed E-state index contributed by atoms with van der Waals surface area (Å²) < 4.78 is 16.7. The van der Waals surface area contributed by atoms with Crippen LogP contribution in [0.15, 0.2) is 24.3 Å². The molecule has 6 heteroatoms. The van der Waals surface area contributed by atoms with Crippen LogP contribution < -0.4 is 0 Å². The molecule has 0 bridgehead atoms. The highest BCUT2D eigenvalue weighted by molar-refractivity contribution is 5.71. The molecule has 0 N–H and O–H groups in total. The molecule has 322 valence electrons. The van der Waals surface area contributed by atoms with Crippen LogP contribution in [-0.4, -0.2) is 37.2 Å². The number of hydrogen-bond acceptors (Lipinski definition) is 6. The van der Waals surface area contributed by atoms with Crippen LogP contribution in [0, 0.1) is 0 Å². The van der Waals surface area contributed by atoms with E-state index in [-0.39, 0.29) is 31.1 Å². The Bertz CT molecular complexity index is 896. The number of ether oxygens (including phenoxy) is 3. The Kier molecular flexibility index (Phi) is 42.9. The van der Waals surface area contributed by atoms with E-state index >= 15 is 0 Å². The second kappa shape index (κ2) is 44.6. The van der Waals surface area contributed by atoms with Crippen LogP contribution in [0.4, 0.5) is 0 Å². The van der Waals surface area contributed by atoms with Crippen molar-refractivity contribution in [3.8, 4) is 0 Å². The molecule has 0 aliphatic carbocycles. The maximum Gasteiger partial charge on any atom is 0.306 e. The van der Waals surface area contributed by atoms with E-state index in [0.29, 0.717) is 19.3 Å². The first-order chi connectivity index (χ1) is 27.0. The summed E-state index contributed by atoms with van der Waals surface area (Å²) in [6.45, 7) is 6.55. The topological polar surface area (TPSA) is 78.9 Å². The van der Waals surface area contributed by atoms with E-state index in [4.69, 9.17) is 14.2 Å². The third kappa shape index (κ3) is 42.9. The Morgan fingerprint density at radius 1 is 0.364 bits per heavy atom. The van der Waals surface area contributed by atoms with Gasteiger partial charge < -0.3 is 14.2 Å². The first kappa shape index (κ1) is 52.9. The molecular formula is C49H90O6. The minimum absolute atomic E-state index is 0.0730. The fourth-order valence-corrected chi connectivity index (χ4v) is 6.83. The average molecular weight is 775 g/mol. The Hall–Kier alpha value is -2.11. The van der Waals surface area contributed by atoms with Crippen molar-refractivity contribution in [3.63, 3.8) is 0 Å². The van der Waals surface area contributed by atoms with Crippen molar-refractivity contribution in [2.75, 3.05) is 13.2 Å². The Morgan fingerprint density at radius 3 is 1.07 bits per heavy atom. The predicted octanol–water partition coefficient (Wildman–Crippen LogP) is 15.2. The van der Waals surface area contributed by atoms with E-state index in [1.165, 1.54) is 122 Å². The van der Waals surface area contributed by atoms with E-state index in [0.717, 1.165) is 89.9 Å². The van der Waals surface area contributed by atoms with Gasteiger partial charge in [0.25, 0.3) is 0 Å². The standard InChI is InChI=1S/C49H90O6/c1-4-7-10-13-16-19-21-23-24-25-27-28-30-33-36-39-42-48(51)54-45-46(44-53-47(50)41-38-35-32-18-15-12-9-6-3)55-49(52)43-40-37-34-31-29-26-22-20-17-14-11-8-5-2/h11,14,20,22,46H,4-10,12-13,15-19,21,23-45H2,1-3H3/b14-11-,22-20-. The molecule has 1 unspecified atom stereocenters. The number of carbonyl (C=O) groups excluding carboxylic acids is 3. The molecule has 0 radical (unpaired) electrons. The van der Waals surface area contributed by atoms with Crippen LogP contribution in [0.3, 0.4) is 0 Å². The van der Waals surface area contributed by atoms with Gasteiger partial charge in [-0.15, -0.1) is 0 Å². The number of esters is 3. The van der Waals surface area contributed by atoms with Crippen molar-refractivity contribution >= 4 is 17.9 Å². The summed E-state index contributed by atoms with van der Waals surface area (Å²) >= 11 is 0. The van der Waals surface area contributed by atoms with Gasteiger partial charge in [0.2, 0.25) is 0 Å². The SMILES string of the molecule is CCC/C=C\C/C=C\CCCCCCCC(=O)OC(COC(=O)CCCCCCCCCC)COC(=O)CCCCCCCCCCCCCCCCCC. The average Bonchev–Trinajstić information content (AvgIpc) is 3.18. The number of unbranched alkanes of at least 4 members (excludes halogenated alkanes) is 28. The highest BCUT2D eigenvalue weighted by atomic mass is 16.6. The smallest absolute Gasteiger partial charge is 0.306 e. The Morgan fingerprint density at radius 2 is 0.691 bits per heavy atom. The number of allylic oxidation sites excluding steroid dienone is 4. The molecule has 0 heterocycles. The van der Waals surface area contributed by atoms with Gasteiger partial charge in [-0.1, -0.05) is 212 Å². The number of rotatable bonds is 43. The molecule has 0 saturated heterocycles. The van der Waals surface area contributed by atoms with Crippen LogP contribution in [0.5, 0.6) is 0 Å². The molecule has 0 aromatic rings. The molecule has 0 aliphatic heterocycles. The highest BCUT2D eigenvalue weighted by Gasteiger charge is 2.19. The molecule has 0 aromatic heterocycles. The largest absolute Gasteiger partial charge is 0.462 e. The van der Waals surface area contributed by atoms with Gasteiger partial charge in [0.1, 0.15) is 13.2 Å². The fourth-order valence-electron chi connectivity index (χ4n) is 6.83. The summed E-state index contributed by atoms with van der Waals surface area (Å²) in [6, 6.07) is 0. The molecular weight excluding hydrogens is 685 g/mol. The second-order valence-electron chi connectivity index (χ2n) is 16.0. The van der Waals surface area contributed by atoms with Crippen molar-refractivity contribution in [1.82, 2.24) is 0 Å². The summed E-state index contributed by atoms with van der Waals surface area (Å²) in [5.41, 5.74) is 0. The number of hydrogen-bond donors (Lipinski definition) is 0. The summed E-state index contributed by atoms with van der Waals surface area (Å²) in [4.78, 5) is 37.7. The van der Waals surface area contributed by atoms with E-state index in [1.807, 2.05) is 0 Å². The van der Waals surface area contributed by atoms with Gasteiger partial charge >= 0.3 is 17.9 Å². The lowest BCUT2D eigenvalue weighted by Crippen LogP contribution is -2.30. The zero-order valence-corrected chi connectivity index (χ0v) is 36.7. The van der Waals surface area contributed by atoms with E-state index in [1.54, 1.807) is 0 Å². The molecule has 0 fully saturated rings. The van der Waals surface area contributed by atoms with Crippen LogP contribution in [-0.2, 0) is 28.6 Å². The lowest BCUT2D eigenvalue weighted by Gasteiger charge is -2.18. The first-order valence-corrected chi connectivity index (χ1v) is 23.8. The van der Waals surface area contributed by atoms with Crippen molar-refractivity contribution in [1.29, 1.82) is 0 Å². The minimum Gasteiger partial charge on any atom is -0.462 e. The first-order valence-electron chi connectivity index (χ1n) is 23.8. The molecule has 0 amide bonds. The second-order valence-corrected chi connectivity index (χ2v) is 16.0.